The molecule has 2 aromatic rings. The molecule has 2 saturated heterocycles. The van der Waals surface area contributed by atoms with E-state index in [2.05, 4.69) is 27.4 Å². The third-order valence-corrected chi connectivity index (χ3v) is 7.68. The molecule has 1 N–H and O–H groups in total. The first-order valence-corrected chi connectivity index (χ1v) is 13.2. The van der Waals surface area contributed by atoms with E-state index < -0.39 is 0 Å². The summed E-state index contributed by atoms with van der Waals surface area (Å²) in [4.78, 5) is 27.1. The summed E-state index contributed by atoms with van der Waals surface area (Å²) in [6.07, 6.45) is 6.35. The highest BCUT2D eigenvalue weighted by molar-refractivity contribution is 6.05. The van der Waals surface area contributed by atoms with Crippen molar-refractivity contribution in [1.29, 1.82) is 5.26 Å². The van der Waals surface area contributed by atoms with Crippen LogP contribution in [0, 0.1) is 18.3 Å². The minimum atomic E-state index is 0.0847. The molecular weight excluding hydrogens is 460 g/mol. The van der Waals surface area contributed by atoms with Crippen molar-refractivity contribution < 1.29 is 4.79 Å². The van der Waals surface area contributed by atoms with Gasteiger partial charge in [0.05, 0.1) is 23.9 Å². The highest BCUT2D eigenvalue weighted by Crippen LogP contribution is 2.29. The monoisotopic (exact) mass is 494 g/mol. The molecular formula is C30H34N6O. The Labute approximate surface area is 219 Å². The van der Waals surface area contributed by atoms with Gasteiger partial charge in [0.1, 0.15) is 11.7 Å². The first-order valence-electron chi connectivity index (χ1n) is 13.2. The quantitative estimate of drug-likeness (QED) is 0.509. The maximum Gasteiger partial charge on any atom is 0.254 e. The van der Waals surface area contributed by atoms with E-state index in [0.29, 0.717) is 18.0 Å². The van der Waals surface area contributed by atoms with Crippen molar-refractivity contribution in [2.75, 3.05) is 39.8 Å². The van der Waals surface area contributed by atoms with Crippen LogP contribution in [0.2, 0.25) is 0 Å². The van der Waals surface area contributed by atoms with Gasteiger partial charge >= 0.3 is 0 Å². The number of amides is 1. The minimum absolute atomic E-state index is 0.0847. The Morgan fingerprint density at radius 2 is 1.81 bits per heavy atom. The molecule has 2 fully saturated rings. The van der Waals surface area contributed by atoms with Crippen molar-refractivity contribution in [2.24, 2.45) is 9.98 Å². The van der Waals surface area contributed by atoms with Crippen molar-refractivity contribution in [1.82, 2.24) is 15.1 Å². The minimum Gasteiger partial charge on any atom is -0.364 e. The summed E-state index contributed by atoms with van der Waals surface area (Å²) in [5.41, 5.74) is 5.54. The topological polar surface area (TPSA) is 84.1 Å². The number of piperidine rings is 1. The van der Waals surface area contributed by atoms with Crippen LogP contribution in [0.25, 0.3) is 0 Å². The molecule has 190 valence electrons. The molecule has 2 aromatic carbocycles. The van der Waals surface area contributed by atoms with E-state index in [1.807, 2.05) is 61.3 Å². The molecule has 0 saturated carbocycles. The summed E-state index contributed by atoms with van der Waals surface area (Å²) < 4.78 is 0. The molecule has 1 amide bonds. The van der Waals surface area contributed by atoms with Gasteiger partial charge in [0.25, 0.3) is 5.91 Å². The fraction of sp³-hybridized carbons (Fsp3) is 0.400. The lowest BCUT2D eigenvalue weighted by atomic mass is 9.88. The third-order valence-electron chi connectivity index (χ3n) is 7.68. The molecule has 0 spiro atoms. The van der Waals surface area contributed by atoms with Crippen LogP contribution < -0.4 is 5.32 Å². The van der Waals surface area contributed by atoms with Gasteiger partial charge in [-0.1, -0.05) is 24.3 Å². The van der Waals surface area contributed by atoms with Crippen LogP contribution in [0.15, 0.2) is 64.2 Å². The lowest BCUT2D eigenvalue weighted by Gasteiger charge is -2.32. The van der Waals surface area contributed by atoms with Crippen LogP contribution in [0.4, 0.5) is 0 Å². The number of amidine groups is 2. The highest BCUT2D eigenvalue weighted by Gasteiger charge is 2.26. The number of rotatable bonds is 4. The number of carbonyl (C=O) groups is 1. The molecule has 37 heavy (non-hydrogen) atoms. The van der Waals surface area contributed by atoms with Gasteiger partial charge in [0, 0.05) is 50.4 Å². The molecule has 0 aliphatic carbocycles. The van der Waals surface area contributed by atoms with E-state index in [-0.39, 0.29) is 5.91 Å². The van der Waals surface area contributed by atoms with E-state index in [1.165, 1.54) is 18.4 Å². The molecule has 3 heterocycles. The maximum atomic E-state index is 13.5. The summed E-state index contributed by atoms with van der Waals surface area (Å²) in [5, 5.41) is 12.4. The maximum absolute atomic E-state index is 13.5. The van der Waals surface area contributed by atoms with Crippen LogP contribution >= 0.6 is 0 Å². The SMILES string of the molecule is C/N=C(\C=C1/CNC(c2ccc(C)c(C(=O)N3CCC(c4ccc(C#N)cc4)CC3)c2)=N1)N1CCCC1. The van der Waals surface area contributed by atoms with E-state index in [9.17, 15) is 4.79 Å². The summed E-state index contributed by atoms with van der Waals surface area (Å²) in [6, 6.07) is 16.1. The molecule has 0 unspecified atom stereocenters. The number of hydrogen-bond donors (Lipinski definition) is 1. The predicted octanol–water partition coefficient (Wildman–Crippen LogP) is 4.24. The number of aryl methyl sites for hydroxylation is 1. The first-order chi connectivity index (χ1) is 18.1. The third kappa shape index (κ3) is 5.43. The zero-order chi connectivity index (χ0) is 25.8. The zero-order valence-corrected chi connectivity index (χ0v) is 21.7. The van der Waals surface area contributed by atoms with Gasteiger partial charge in [-0.25, -0.2) is 4.99 Å². The molecule has 0 atom stereocenters. The van der Waals surface area contributed by atoms with Crippen molar-refractivity contribution in [2.45, 2.75) is 38.5 Å². The Balaban J connectivity index is 1.27. The van der Waals surface area contributed by atoms with Gasteiger partial charge in [0.15, 0.2) is 0 Å². The number of nitriles is 1. The van der Waals surface area contributed by atoms with Crippen LogP contribution in [-0.2, 0) is 0 Å². The Morgan fingerprint density at radius 3 is 2.49 bits per heavy atom. The standard InChI is InChI=1S/C30H34N6O/c1-21-5-8-25(29-33-20-26(34-29)18-28(32-2)35-13-3-4-14-35)17-27(21)30(37)36-15-11-24(12-16-36)23-9-6-22(19-31)7-10-23/h5-10,17-18,24H,3-4,11-16,20H2,1-2H3,(H,33,34)/b26-18+,32-28+. The number of likely N-dealkylation sites (tertiary alicyclic amines) is 2. The predicted molar refractivity (Wildman–Crippen MR) is 147 cm³/mol. The normalized spacial score (nSPS) is 19.6. The average molecular weight is 495 g/mol. The molecule has 7 nitrogen and oxygen atoms in total. The van der Waals surface area contributed by atoms with Gasteiger partial charge < -0.3 is 15.1 Å². The van der Waals surface area contributed by atoms with Crippen molar-refractivity contribution in [3.8, 4) is 6.07 Å². The Bertz CT molecular complexity index is 1290. The van der Waals surface area contributed by atoms with Gasteiger partial charge in [-0.05, 0) is 67.9 Å². The van der Waals surface area contributed by atoms with E-state index in [0.717, 1.165) is 73.1 Å². The summed E-state index contributed by atoms with van der Waals surface area (Å²) >= 11 is 0. The van der Waals surface area contributed by atoms with Crippen molar-refractivity contribution in [3.63, 3.8) is 0 Å². The van der Waals surface area contributed by atoms with Crippen molar-refractivity contribution >= 4 is 17.6 Å². The smallest absolute Gasteiger partial charge is 0.254 e. The molecule has 3 aliphatic heterocycles. The average Bonchev–Trinajstić information content (AvgIpc) is 3.65. The molecule has 0 aromatic heterocycles. The van der Waals surface area contributed by atoms with Gasteiger partial charge in [-0.3, -0.25) is 9.79 Å². The number of aliphatic imine (C=N–C) groups is 2. The number of hydrogen-bond acceptors (Lipinski definition) is 5. The summed E-state index contributed by atoms with van der Waals surface area (Å²) in [7, 11) is 1.84. The number of benzene rings is 2. The molecule has 0 radical (unpaired) electrons. The van der Waals surface area contributed by atoms with Gasteiger partial charge in [-0.15, -0.1) is 0 Å². The van der Waals surface area contributed by atoms with Crippen molar-refractivity contribution in [3.05, 3.63) is 82.1 Å². The summed E-state index contributed by atoms with van der Waals surface area (Å²) in [5.74, 6) is 2.30. The summed E-state index contributed by atoms with van der Waals surface area (Å²) in [6.45, 7) is 6.21. The largest absolute Gasteiger partial charge is 0.364 e. The fourth-order valence-electron chi connectivity index (χ4n) is 5.46. The van der Waals surface area contributed by atoms with E-state index in [4.69, 9.17) is 10.3 Å². The fourth-order valence-corrected chi connectivity index (χ4v) is 5.46. The van der Waals surface area contributed by atoms with Crippen LogP contribution in [0.3, 0.4) is 0 Å². The van der Waals surface area contributed by atoms with Crippen LogP contribution in [0.1, 0.15) is 64.2 Å². The Morgan fingerprint density at radius 1 is 1.08 bits per heavy atom. The highest BCUT2D eigenvalue weighted by atomic mass is 16.2. The van der Waals surface area contributed by atoms with Crippen LogP contribution in [0.5, 0.6) is 0 Å². The second-order valence-electron chi connectivity index (χ2n) is 10.1. The molecule has 5 rings (SSSR count). The molecule has 3 aliphatic rings. The second-order valence-corrected chi connectivity index (χ2v) is 10.1. The zero-order valence-electron chi connectivity index (χ0n) is 21.7. The van der Waals surface area contributed by atoms with E-state index >= 15 is 0 Å². The Kier molecular flexibility index (Phi) is 7.36. The Hall–Kier alpha value is -3.92. The van der Waals surface area contributed by atoms with Crippen LogP contribution in [-0.4, -0.2) is 67.1 Å². The number of nitrogens with one attached hydrogen (secondary N) is 1. The van der Waals surface area contributed by atoms with E-state index in [1.54, 1.807) is 0 Å². The van der Waals surface area contributed by atoms with Gasteiger partial charge in [0.2, 0.25) is 0 Å². The first kappa shape index (κ1) is 24.8. The second kappa shape index (κ2) is 11.0. The lowest BCUT2D eigenvalue weighted by Crippen LogP contribution is -2.38. The number of nitrogens with zero attached hydrogens (tertiary/aromatic N) is 5. The molecule has 7 heteroatoms. The molecule has 0 bridgehead atoms. The lowest BCUT2D eigenvalue weighted by molar-refractivity contribution is 0.0712. The number of carbonyl (C=O) groups excluding carboxylic acids is 1. The van der Waals surface area contributed by atoms with Gasteiger partial charge in [-0.2, -0.15) is 5.26 Å².